The molecule has 4 aromatic rings. The summed E-state index contributed by atoms with van der Waals surface area (Å²) in [5.41, 5.74) is 2.87. The van der Waals surface area contributed by atoms with Crippen molar-refractivity contribution in [1.82, 2.24) is 19.5 Å². The Morgan fingerprint density at radius 1 is 1.22 bits per heavy atom. The number of fused-ring (bicyclic) bond motifs is 1. The number of carboxylic acids is 1. The van der Waals surface area contributed by atoms with Gasteiger partial charge in [0.1, 0.15) is 11.0 Å². The summed E-state index contributed by atoms with van der Waals surface area (Å²) in [5, 5.41) is 13.3. The van der Waals surface area contributed by atoms with E-state index in [1.165, 1.54) is 10.6 Å². The van der Waals surface area contributed by atoms with Crippen molar-refractivity contribution >= 4 is 34.2 Å². The smallest absolute Gasteiger partial charge is 0.356 e. The first-order valence-corrected chi connectivity index (χ1v) is 10.2. The number of aromatic nitrogens is 4. The normalized spacial score (nSPS) is 12.0. The van der Waals surface area contributed by atoms with Gasteiger partial charge in [-0.2, -0.15) is 0 Å². The number of halogens is 1. The summed E-state index contributed by atoms with van der Waals surface area (Å²) < 4.78 is 1.51. The summed E-state index contributed by atoms with van der Waals surface area (Å²) in [6, 6.07) is 10.1. The molecule has 0 fully saturated rings. The quantitative estimate of drug-likeness (QED) is 0.439. The maximum atomic E-state index is 13.2. The summed E-state index contributed by atoms with van der Waals surface area (Å²) in [5.74, 6) is -0.700. The molecule has 0 aliphatic rings. The van der Waals surface area contributed by atoms with E-state index in [1.54, 1.807) is 37.6 Å². The van der Waals surface area contributed by atoms with E-state index in [4.69, 9.17) is 16.6 Å². The molecule has 0 unspecified atom stereocenters. The fraction of sp³-hybridized carbons (Fsp3) is 0.174. The van der Waals surface area contributed by atoms with E-state index >= 15 is 0 Å². The van der Waals surface area contributed by atoms with Crippen LogP contribution in [0.15, 0.2) is 53.6 Å². The molecule has 8 nitrogen and oxygen atoms in total. The lowest BCUT2D eigenvalue weighted by molar-refractivity contribution is 0.0691. The SMILES string of the molecule is Cc1cc([C@@H](C)Nc2ccc(Cl)nc2C(=O)O)c2nc(-c3cccnc3)n(C)c(=O)c2c1. The maximum absolute atomic E-state index is 13.2. The Labute approximate surface area is 188 Å². The predicted octanol–water partition coefficient (Wildman–Crippen LogP) is 4.22. The Morgan fingerprint density at radius 3 is 2.69 bits per heavy atom. The van der Waals surface area contributed by atoms with Crippen molar-refractivity contribution in [3.8, 4) is 11.4 Å². The van der Waals surface area contributed by atoms with Gasteiger partial charge in [0.25, 0.3) is 5.56 Å². The molecular formula is C23H20ClN5O3. The fourth-order valence-corrected chi connectivity index (χ4v) is 3.81. The van der Waals surface area contributed by atoms with Crippen LogP contribution in [0.1, 0.15) is 34.6 Å². The summed E-state index contributed by atoms with van der Waals surface area (Å²) in [6.45, 7) is 3.77. The highest BCUT2D eigenvalue weighted by Crippen LogP contribution is 2.29. The van der Waals surface area contributed by atoms with Crippen molar-refractivity contribution in [1.29, 1.82) is 0 Å². The van der Waals surface area contributed by atoms with Gasteiger partial charge < -0.3 is 10.4 Å². The standard InChI is InChI=1S/C23H20ClN5O3/c1-12-9-15(13(2)26-17-6-7-18(24)27-20(17)23(31)32)19-16(10-12)22(30)29(3)21(28-19)14-5-4-8-25-11-14/h4-11,13,26H,1-3H3,(H,31,32)/t13-/m1/s1. The van der Waals surface area contributed by atoms with Crippen molar-refractivity contribution in [2.24, 2.45) is 7.05 Å². The van der Waals surface area contributed by atoms with Crippen molar-refractivity contribution < 1.29 is 9.90 Å². The van der Waals surface area contributed by atoms with Crippen LogP contribution >= 0.6 is 11.6 Å². The van der Waals surface area contributed by atoms with Crippen LogP contribution in [0.5, 0.6) is 0 Å². The van der Waals surface area contributed by atoms with Gasteiger partial charge in [0.05, 0.1) is 22.6 Å². The molecule has 0 radical (unpaired) electrons. The number of benzene rings is 1. The van der Waals surface area contributed by atoms with Gasteiger partial charge in [-0.1, -0.05) is 17.7 Å². The van der Waals surface area contributed by atoms with E-state index in [-0.39, 0.29) is 22.4 Å². The maximum Gasteiger partial charge on any atom is 0.356 e. The summed E-state index contributed by atoms with van der Waals surface area (Å²) >= 11 is 5.87. The topological polar surface area (TPSA) is 110 Å². The molecule has 0 spiro atoms. The Morgan fingerprint density at radius 2 is 2.00 bits per heavy atom. The van der Waals surface area contributed by atoms with E-state index in [9.17, 15) is 14.7 Å². The van der Waals surface area contributed by atoms with Crippen molar-refractivity contribution in [3.05, 3.63) is 81.1 Å². The molecule has 0 aliphatic heterocycles. The highest BCUT2D eigenvalue weighted by molar-refractivity contribution is 6.29. The second-order valence-corrected chi connectivity index (χ2v) is 7.88. The lowest BCUT2D eigenvalue weighted by Crippen LogP contribution is -2.22. The highest BCUT2D eigenvalue weighted by Gasteiger charge is 2.20. The van der Waals surface area contributed by atoms with Gasteiger partial charge in [-0.25, -0.2) is 14.8 Å². The highest BCUT2D eigenvalue weighted by atomic mass is 35.5. The number of hydrogen-bond donors (Lipinski definition) is 2. The second kappa shape index (κ2) is 8.39. The van der Waals surface area contributed by atoms with Crippen LogP contribution < -0.4 is 10.9 Å². The number of pyridine rings is 2. The van der Waals surface area contributed by atoms with Gasteiger partial charge in [0.15, 0.2) is 5.69 Å². The van der Waals surface area contributed by atoms with Crippen molar-refractivity contribution in [3.63, 3.8) is 0 Å². The number of anilines is 1. The summed E-state index contributed by atoms with van der Waals surface area (Å²) in [6.07, 6.45) is 3.31. The monoisotopic (exact) mass is 449 g/mol. The molecule has 9 heteroatoms. The molecule has 3 heterocycles. The van der Waals surface area contributed by atoms with E-state index < -0.39 is 5.97 Å². The number of hydrogen-bond acceptors (Lipinski definition) is 6. The molecule has 1 aromatic carbocycles. The Kier molecular flexibility index (Phi) is 5.63. The van der Waals surface area contributed by atoms with Crippen LogP contribution in [0.25, 0.3) is 22.3 Å². The van der Waals surface area contributed by atoms with E-state index in [2.05, 4.69) is 15.3 Å². The molecule has 0 aliphatic carbocycles. The average molecular weight is 450 g/mol. The number of nitrogens with one attached hydrogen (secondary N) is 1. The molecule has 0 saturated heterocycles. The molecule has 0 bridgehead atoms. The third-order valence-electron chi connectivity index (χ3n) is 5.18. The minimum atomic E-state index is -1.19. The number of carbonyl (C=O) groups is 1. The summed E-state index contributed by atoms with van der Waals surface area (Å²) in [4.78, 5) is 37.6. The Bertz CT molecular complexity index is 1400. The van der Waals surface area contributed by atoms with Crippen LogP contribution in [-0.2, 0) is 7.05 Å². The number of carboxylic acid groups (broad SMARTS) is 1. The van der Waals surface area contributed by atoms with Crippen LogP contribution in [0, 0.1) is 6.92 Å². The molecule has 162 valence electrons. The number of aryl methyl sites for hydroxylation is 1. The second-order valence-electron chi connectivity index (χ2n) is 7.49. The van der Waals surface area contributed by atoms with Gasteiger partial charge >= 0.3 is 5.97 Å². The molecule has 3 aromatic heterocycles. The van der Waals surface area contributed by atoms with E-state index in [0.717, 1.165) is 16.7 Å². The van der Waals surface area contributed by atoms with Gasteiger partial charge in [0.2, 0.25) is 0 Å². The average Bonchev–Trinajstić information content (AvgIpc) is 2.77. The first-order valence-electron chi connectivity index (χ1n) is 9.84. The third kappa shape index (κ3) is 3.92. The first kappa shape index (κ1) is 21.5. The van der Waals surface area contributed by atoms with Crippen LogP contribution in [-0.4, -0.2) is 30.6 Å². The fourth-order valence-electron chi connectivity index (χ4n) is 3.66. The molecule has 0 saturated carbocycles. The molecule has 4 rings (SSSR count). The van der Waals surface area contributed by atoms with Crippen LogP contribution in [0.3, 0.4) is 0 Å². The van der Waals surface area contributed by atoms with Gasteiger partial charge in [-0.05, 0) is 49.7 Å². The lowest BCUT2D eigenvalue weighted by atomic mass is 10.0. The van der Waals surface area contributed by atoms with Gasteiger partial charge in [0, 0.05) is 30.6 Å². The van der Waals surface area contributed by atoms with E-state index in [0.29, 0.717) is 22.4 Å². The zero-order valence-electron chi connectivity index (χ0n) is 17.6. The first-order chi connectivity index (χ1) is 15.3. The van der Waals surface area contributed by atoms with Gasteiger partial charge in [-0.3, -0.25) is 14.3 Å². The van der Waals surface area contributed by atoms with Crippen LogP contribution in [0.4, 0.5) is 5.69 Å². The number of rotatable bonds is 5. The third-order valence-corrected chi connectivity index (χ3v) is 5.39. The molecule has 2 N–H and O–H groups in total. The zero-order valence-corrected chi connectivity index (χ0v) is 18.4. The predicted molar refractivity (Wildman–Crippen MR) is 123 cm³/mol. The van der Waals surface area contributed by atoms with E-state index in [1.807, 2.05) is 26.0 Å². The summed E-state index contributed by atoms with van der Waals surface area (Å²) in [7, 11) is 1.68. The Balaban J connectivity index is 1.88. The lowest BCUT2D eigenvalue weighted by Gasteiger charge is -2.20. The number of aromatic carboxylic acids is 1. The van der Waals surface area contributed by atoms with Gasteiger partial charge in [-0.15, -0.1) is 0 Å². The number of nitrogens with zero attached hydrogens (tertiary/aromatic N) is 4. The van der Waals surface area contributed by atoms with Crippen molar-refractivity contribution in [2.75, 3.05) is 5.32 Å². The molecule has 32 heavy (non-hydrogen) atoms. The molecule has 1 atom stereocenters. The zero-order chi connectivity index (χ0) is 23.0. The Hall–Kier alpha value is -3.78. The molecule has 0 amide bonds. The largest absolute Gasteiger partial charge is 0.476 e. The molecular weight excluding hydrogens is 430 g/mol. The van der Waals surface area contributed by atoms with Crippen LogP contribution in [0.2, 0.25) is 5.15 Å². The van der Waals surface area contributed by atoms with Crippen molar-refractivity contribution in [2.45, 2.75) is 19.9 Å². The minimum absolute atomic E-state index is 0.0906. The minimum Gasteiger partial charge on any atom is -0.476 e.